The van der Waals surface area contributed by atoms with E-state index in [0.29, 0.717) is 0 Å². The van der Waals surface area contributed by atoms with E-state index in [1.54, 1.807) is 0 Å². The molecule has 3 N–H and O–H groups in total. The van der Waals surface area contributed by atoms with Gasteiger partial charge in [0.05, 0.1) is 16.8 Å². The number of aliphatic hydroxyl groups is 3. The summed E-state index contributed by atoms with van der Waals surface area (Å²) >= 11 is 0. The number of rotatable bonds is 0. The molecular weight excluding hydrogens is 668 g/mol. The fourth-order valence-electron chi connectivity index (χ4n) is 10.1. The molecule has 0 atom stereocenters. The summed E-state index contributed by atoms with van der Waals surface area (Å²) < 4.78 is 0. The minimum atomic E-state index is -0.687. The molecule has 0 saturated heterocycles. The van der Waals surface area contributed by atoms with E-state index in [0.717, 1.165) is 0 Å². The van der Waals surface area contributed by atoms with Crippen molar-refractivity contribution < 1.29 is 64.7 Å². The molecule has 0 fully saturated rings. The predicted molar refractivity (Wildman–Crippen MR) is 190 cm³/mol. The minimum absolute atomic E-state index is 0. The SMILES string of the molecule is CC(C)(C)C(O)(C(C)(C)C)C(C)(C)C.CC(C)(C)C(O)(C(C)(C)C)C(C)(C)C.CC(C)(C)C(O)(C(C)(C)C)C(C)(C)C.[Eu]. The van der Waals surface area contributed by atoms with Crippen molar-refractivity contribution in [2.24, 2.45) is 48.7 Å². The van der Waals surface area contributed by atoms with Gasteiger partial charge < -0.3 is 15.3 Å². The molecule has 0 aromatic rings. The van der Waals surface area contributed by atoms with Gasteiger partial charge in [0.1, 0.15) is 0 Å². The third kappa shape index (κ3) is 11.0. The molecule has 4 heteroatoms. The van der Waals surface area contributed by atoms with Gasteiger partial charge in [-0.25, -0.2) is 0 Å². The Labute approximate surface area is 314 Å². The van der Waals surface area contributed by atoms with Crippen LogP contribution in [0.1, 0.15) is 187 Å². The molecule has 0 bridgehead atoms. The maximum Gasteiger partial charge on any atom is 0.0791 e. The van der Waals surface area contributed by atoms with Crippen LogP contribution in [0.25, 0.3) is 0 Å². The van der Waals surface area contributed by atoms with Gasteiger partial charge in [0, 0.05) is 49.4 Å². The van der Waals surface area contributed by atoms with Crippen LogP contribution >= 0.6 is 0 Å². The molecule has 0 aromatic heterocycles. The Morgan fingerprint density at radius 2 is 0.233 bits per heavy atom. The monoisotopic (exact) mass is 754 g/mol. The quantitative estimate of drug-likeness (QED) is 0.231. The Kier molecular flexibility index (Phi) is 17.3. The maximum absolute atomic E-state index is 11.0. The van der Waals surface area contributed by atoms with Gasteiger partial charge in [-0.15, -0.1) is 0 Å². The summed E-state index contributed by atoms with van der Waals surface area (Å²) in [4.78, 5) is 0. The molecule has 0 unspecified atom stereocenters. The summed E-state index contributed by atoms with van der Waals surface area (Å²) in [6.07, 6.45) is 0. The van der Waals surface area contributed by atoms with E-state index in [4.69, 9.17) is 0 Å². The standard InChI is InChI=1S/3C13H28O.Eu/c3*1-10(2,3)13(14,11(4,5)6)12(7,8)9;/h3*14H,1-9H3;. The van der Waals surface area contributed by atoms with E-state index in [-0.39, 0.29) is 98.1 Å². The van der Waals surface area contributed by atoms with E-state index in [1.807, 2.05) is 0 Å². The van der Waals surface area contributed by atoms with Crippen LogP contribution in [0.3, 0.4) is 0 Å². The molecule has 0 aliphatic heterocycles. The van der Waals surface area contributed by atoms with E-state index >= 15 is 0 Å². The second kappa shape index (κ2) is 14.5. The van der Waals surface area contributed by atoms with Gasteiger partial charge in [-0.05, 0) is 48.7 Å². The Morgan fingerprint density at radius 1 is 0.186 bits per heavy atom. The van der Waals surface area contributed by atoms with Crippen molar-refractivity contribution in [1.29, 1.82) is 0 Å². The zero-order chi connectivity index (χ0) is 36.0. The average Bonchev–Trinajstić information content (AvgIpc) is 2.58. The van der Waals surface area contributed by atoms with Crippen molar-refractivity contribution in [3.63, 3.8) is 0 Å². The van der Waals surface area contributed by atoms with Crippen LogP contribution in [0.15, 0.2) is 0 Å². The third-order valence-corrected chi connectivity index (χ3v) is 9.77. The van der Waals surface area contributed by atoms with Crippen LogP contribution in [0.2, 0.25) is 0 Å². The minimum Gasteiger partial charge on any atom is -0.388 e. The molecule has 0 aliphatic carbocycles. The van der Waals surface area contributed by atoms with Gasteiger partial charge in [0.2, 0.25) is 0 Å². The zero-order valence-corrected chi connectivity index (χ0v) is 37.1. The normalized spacial score (nSPS) is 15.5. The molecule has 1 radical (unpaired) electrons. The predicted octanol–water partition coefficient (Wildman–Crippen LogP) is 11.6. The Balaban J connectivity index is -0.000000262. The van der Waals surface area contributed by atoms with Crippen molar-refractivity contribution in [2.75, 3.05) is 0 Å². The zero-order valence-electron chi connectivity index (χ0n) is 34.7. The van der Waals surface area contributed by atoms with Crippen molar-refractivity contribution in [1.82, 2.24) is 0 Å². The molecule has 0 heterocycles. The first kappa shape index (κ1) is 51.3. The van der Waals surface area contributed by atoms with Gasteiger partial charge in [-0.3, -0.25) is 0 Å². The first-order valence-electron chi connectivity index (χ1n) is 16.4. The fourth-order valence-corrected chi connectivity index (χ4v) is 10.1. The molecule has 0 aliphatic rings. The molecular formula is C39H84EuO3. The molecule has 43 heavy (non-hydrogen) atoms. The maximum atomic E-state index is 11.0. The molecule has 265 valence electrons. The molecule has 0 saturated carbocycles. The largest absolute Gasteiger partial charge is 0.388 e. The van der Waals surface area contributed by atoms with Crippen LogP contribution in [-0.2, 0) is 0 Å². The summed E-state index contributed by atoms with van der Waals surface area (Å²) in [7, 11) is 0. The van der Waals surface area contributed by atoms with Crippen molar-refractivity contribution in [2.45, 2.75) is 204 Å². The van der Waals surface area contributed by atoms with Gasteiger partial charge in [0.25, 0.3) is 0 Å². The molecule has 0 spiro atoms. The first-order chi connectivity index (χ1) is 17.2. The summed E-state index contributed by atoms with van der Waals surface area (Å²) in [5, 5.41) is 33.1. The second-order valence-corrected chi connectivity index (χ2v) is 22.4. The van der Waals surface area contributed by atoms with E-state index in [1.165, 1.54) is 0 Å². The Hall–Kier alpha value is 1.46. The van der Waals surface area contributed by atoms with Crippen LogP contribution in [0, 0.1) is 98.1 Å². The summed E-state index contributed by atoms with van der Waals surface area (Å²) in [6.45, 7) is 57.1. The van der Waals surface area contributed by atoms with Crippen LogP contribution in [0.4, 0.5) is 0 Å². The number of hydrogen-bond acceptors (Lipinski definition) is 3. The van der Waals surface area contributed by atoms with Crippen molar-refractivity contribution in [3.8, 4) is 0 Å². The van der Waals surface area contributed by atoms with Crippen LogP contribution < -0.4 is 0 Å². The topological polar surface area (TPSA) is 60.7 Å². The number of hydrogen-bond donors (Lipinski definition) is 3. The molecule has 0 amide bonds. The van der Waals surface area contributed by atoms with Crippen LogP contribution in [0.5, 0.6) is 0 Å². The van der Waals surface area contributed by atoms with Crippen molar-refractivity contribution >= 4 is 0 Å². The Bertz CT molecular complexity index is 597. The second-order valence-electron chi connectivity index (χ2n) is 22.4. The van der Waals surface area contributed by atoms with Gasteiger partial charge >= 0.3 is 0 Å². The summed E-state index contributed by atoms with van der Waals surface area (Å²) in [5.41, 5.74) is -3.16. The van der Waals surface area contributed by atoms with Gasteiger partial charge in [0.15, 0.2) is 0 Å². The molecule has 0 aromatic carbocycles. The van der Waals surface area contributed by atoms with Crippen molar-refractivity contribution in [3.05, 3.63) is 0 Å². The van der Waals surface area contributed by atoms with Gasteiger partial charge in [-0.2, -0.15) is 0 Å². The molecule has 3 nitrogen and oxygen atoms in total. The fraction of sp³-hybridized carbons (Fsp3) is 1.00. The average molecular weight is 753 g/mol. The summed E-state index contributed by atoms with van der Waals surface area (Å²) in [5.74, 6) is 0. The molecule has 0 rings (SSSR count). The van der Waals surface area contributed by atoms with E-state index < -0.39 is 16.8 Å². The van der Waals surface area contributed by atoms with E-state index in [9.17, 15) is 15.3 Å². The van der Waals surface area contributed by atoms with E-state index in [2.05, 4.69) is 187 Å². The Morgan fingerprint density at radius 3 is 0.233 bits per heavy atom. The van der Waals surface area contributed by atoms with Gasteiger partial charge in [-0.1, -0.05) is 187 Å². The summed E-state index contributed by atoms with van der Waals surface area (Å²) in [6, 6.07) is 0. The van der Waals surface area contributed by atoms with Crippen LogP contribution in [-0.4, -0.2) is 32.1 Å². The first-order valence-corrected chi connectivity index (χ1v) is 16.4. The third-order valence-electron chi connectivity index (χ3n) is 9.77. The smallest absolute Gasteiger partial charge is 0.0791 e.